The number of ether oxygens (including phenoxy) is 2. The molecule has 0 fully saturated rings. The second-order valence-corrected chi connectivity index (χ2v) is 5.33. The molecule has 1 aromatic carbocycles. The van der Waals surface area contributed by atoms with Gasteiger partial charge in [0, 0.05) is 5.69 Å². The van der Waals surface area contributed by atoms with Crippen LogP contribution in [0.4, 0.5) is 27.6 Å². The summed E-state index contributed by atoms with van der Waals surface area (Å²) in [6, 6.07) is 3.38. The molecule has 0 aliphatic carbocycles. The molecule has 134 valence electrons. The van der Waals surface area contributed by atoms with Gasteiger partial charge in [0.15, 0.2) is 5.90 Å². The Morgan fingerprint density at radius 3 is 2.25 bits per heavy atom. The highest BCUT2D eigenvalue weighted by molar-refractivity contribution is 5.81. The smallest absolute Gasteiger partial charge is 0.455 e. The van der Waals surface area contributed by atoms with Crippen molar-refractivity contribution in [1.82, 2.24) is 0 Å². The number of nitrogens with zero attached hydrogens (tertiary/aromatic N) is 1. The molecule has 0 amide bonds. The molecule has 1 aliphatic rings. The monoisotopic (exact) mass is 352 g/mol. The Morgan fingerprint density at radius 1 is 1.17 bits per heavy atom. The van der Waals surface area contributed by atoms with E-state index in [1.165, 1.54) is 38.3 Å². The first-order chi connectivity index (χ1) is 11.2. The highest BCUT2D eigenvalue weighted by Crippen LogP contribution is 2.42. The lowest BCUT2D eigenvalue weighted by Gasteiger charge is -2.33. The minimum Gasteiger partial charge on any atom is -0.497 e. The second kappa shape index (κ2) is 6.82. The molecule has 1 aliphatic heterocycles. The number of alkyl halides is 5. The van der Waals surface area contributed by atoms with Crippen LogP contribution in [0, 0.1) is 5.92 Å². The van der Waals surface area contributed by atoms with E-state index in [1.54, 1.807) is 0 Å². The molecule has 0 spiro atoms. The highest BCUT2D eigenvalue weighted by Gasteiger charge is 2.64. The molecule has 0 radical (unpaired) electrons. The van der Waals surface area contributed by atoms with Crippen molar-refractivity contribution in [3.63, 3.8) is 0 Å². The number of anilines is 1. The maximum Gasteiger partial charge on any atom is 0.455 e. The lowest BCUT2D eigenvalue weighted by Crippen LogP contribution is -2.55. The Labute approximate surface area is 135 Å². The standard InChI is InChI=1S/C15H17F5N2O2/c1-9(13-21-7-8-24-13)12(14(16,17)15(18,19)20)22-10-3-5-11(23-2)6-4-10/h3-6,9,12,22H,7-8H2,1-2H3/t9-,12-/m0/s1. The zero-order valence-corrected chi connectivity index (χ0v) is 13.0. The molecule has 0 bridgehead atoms. The molecular weight excluding hydrogens is 335 g/mol. The maximum absolute atomic E-state index is 14.0. The van der Waals surface area contributed by atoms with E-state index in [4.69, 9.17) is 9.47 Å². The fourth-order valence-corrected chi connectivity index (χ4v) is 2.34. The van der Waals surface area contributed by atoms with Crippen molar-refractivity contribution in [3.05, 3.63) is 24.3 Å². The van der Waals surface area contributed by atoms with Gasteiger partial charge in [0.2, 0.25) is 0 Å². The van der Waals surface area contributed by atoms with Gasteiger partial charge in [-0.25, -0.2) is 0 Å². The summed E-state index contributed by atoms with van der Waals surface area (Å²) in [5.41, 5.74) is 0.107. The van der Waals surface area contributed by atoms with Crippen LogP contribution in [0.15, 0.2) is 29.3 Å². The molecule has 0 aromatic heterocycles. The fraction of sp³-hybridized carbons (Fsp3) is 0.533. The van der Waals surface area contributed by atoms with E-state index < -0.39 is 24.1 Å². The predicted molar refractivity (Wildman–Crippen MR) is 78.8 cm³/mol. The topological polar surface area (TPSA) is 42.8 Å². The van der Waals surface area contributed by atoms with E-state index in [0.717, 1.165) is 0 Å². The summed E-state index contributed by atoms with van der Waals surface area (Å²) in [6.45, 7) is 1.64. The third-order valence-electron chi connectivity index (χ3n) is 3.68. The first-order valence-corrected chi connectivity index (χ1v) is 7.19. The Balaban J connectivity index is 2.30. The van der Waals surface area contributed by atoms with Gasteiger partial charge in [-0.05, 0) is 24.3 Å². The number of methoxy groups -OCH3 is 1. The third kappa shape index (κ3) is 3.70. The number of hydrogen-bond donors (Lipinski definition) is 1. The summed E-state index contributed by atoms with van der Waals surface area (Å²) in [6.07, 6.45) is -5.70. The largest absolute Gasteiger partial charge is 0.497 e. The van der Waals surface area contributed by atoms with Gasteiger partial charge in [-0.15, -0.1) is 0 Å². The van der Waals surface area contributed by atoms with Crippen LogP contribution in [-0.4, -0.2) is 44.3 Å². The van der Waals surface area contributed by atoms with Gasteiger partial charge < -0.3 is 14.8 Å². The normalized spacial score (nSPS) is 17.7. The molecule has 1 N–H and O–H groups in total. The average molecular weight is 352 g/mol. The van der Waals surface area contributed by atoms with Crippen LogP contribution in [0.3, 0.4) is 0 Å². The minimum atomic E-state index is -5.70. The van der Waals surface area contributed by atoms with E-state index in [0.29, 0.717) is 5.75 Å². The molecule has 0 unspecified atom stereocenters. The van der Waals surface area contributed by atoms with Crippen molar-refractivity contribution < 1.29 is 31.4 Å². The van der Waals surface area contributed by atoms with Crippen molar-refractivity contribution in [3.8, 4) is 5.75 Å². The summed E-state index contributed by atoms with van der Waals surface area (Å²) >= 11 is 0. The van der Waals surface area contributed by atoms with Gasteiger partial charge in [0.25, 0.3) is 0 Å². The minimum absolute atomic E-state index is 0.107. The molecule has 0 saturated carbocycles. The third-order valence-corrected chi connectivity index (χ3v) is 3.68. The summed E-state index contributed by atoms with van der Waals surface area (Å²) in [5.74, 6) is -5.90. The second-order valence-electron chi connectivity index (χ2n) is 5.33. The zero-order valence-electron chi connectivity index (χ0n) is 13.0. The SMILES string of the molecule is COc1ccc(N[C@@H]([C@H](C)C2=NCCO2)C(F)(F)C(F)(F)F)cc1. The van der Waals surface area contributed by atoms with Crippen LogP contribution in [0.25, 0.3) is 0 Å². The van der Waals surface area contributed by atoms with Gasteiger partial charge in [0.05, 0.1) is 19.6 Å². The Hall–Kier alpha value is -2.06. The Bertz CT molecular complexity index is 587. The number of benzene rings is 1. The lowest BCUT2D eigenvalue weighted by atomic mass is 9.94. The molecule has 2 rings (SSSR count). The first-order valence-electron chi connectivity index (χ1n) is 7.19. The van der Waals surface area contributed by atoms with Crippen molar-refractivity contribution >= 4 is 11.6 Å². The number of halogens is 5. The lowest BCUT2D eigenvalue weighted by molar-refractivity contribution is -0.289. The van der Waals surface area contributed by atoms with Gasteiger partial charge in [-0.1, -0.05) is 6.92 Å². The van der Waals surface area contributed by atoms with Gasteiger partial charge in [-0.2, -0.15) is 22.0 Å². The summed E-state index contributed by atoms with van der Waals surface area (Å²) < 4.78 is 76.6. The quantitative estimate of drug-likeness (QED) is 0.793. The predicted octanol–water partition coefficient (Wildman–Crippen LogP) is 3.74. The molecule has 24 heavy (non-hydrogen) atoms. The van der Waals surface area contributed by atoms with E-state index in [9.17, 15) is 22.0 Å². The molecular formula is C15H17F5N2O2. The Morgan fingerprint density at radius 2 is 1.79 bits per heavy atom. The summed E-state index contributed by atoms with van der Waals surface area (Å²) in [4.78, 5) is 3.85. The van der Waals surface area contributed by atoms with Gasteiger partial charge >= 0.3 is 12.1 Å². The first kappa shape index (κ1) is 18.3. The zero-order chi connectivity index (χ0) is 18.0. The van der Waals surface area contributed by atoms with E-state index >= 15 is 0 Å². The van der Waals surface area contributed by atoms with Crippen molar-refractivity contribution in [1.29, 1.82) is 0 Å². The molecule has 4 nitrogen and oxygen atoms in total. The average Bonchev–Trinajstić information content (AvgIpc) is 3.05. The van der Waals surface area contributed by atoms with Crippen molar-refractivity contribution in [2.45, 2.75) is 25.1 Å². The van der Waals surface area contributed by atoms with Crippen molar-refractivity contribution in [2.75, 3.05) is 25.6 Å². The summed E-state index contributed by atoms with van der Waals surface area (Å²) in [5, 5.41) is 2.27. The van der Waals surface area contributed by atoms with Crippen LogP contribution < -0.4 is 10.1 Å². The molecule has 2 atom stereocenters. The van der Waals surface area contributed by atoms with Crippen LogP contribution in [0.2, 0.25) is 0 Å². The van der Waals surface area contributed by atoms with E-state index in [1.807, 2.05) is 0 Å². The summed E-state index contributed by atoms with van der Waals surface area (Å²) in [7, 11) is 1.42. The van der Waals surface area contributed by atoms with Crippen LogP contribution in [0.1, 0.15) is 6.92 Å². The van der Waals surface area contributed by atoms with E-state index in [-0.39, 0.29) is 24.7 Å². The fourth-order valence-electron chi connectivity index (χ4n) is 2.34. The molecule has 1 heterocycles. The number of hydrogen-bond acceptors (Lipinski definition) is 4. The van der Waals surface area contributed by atoms with E-state index in [2.05, 4.69) is 10.3 Å². The van der Waals surface area contributed by atoms with Gasteiger partial charge in [-0.3, -0.25) is 4.99 Å². The maximum atomic E-state index is 14.0. The van der Waals surface area contributed by atoms with Crippen molar-refractivity contribution in [2.24, 2.45) is 10.9 Å². The highest BCUT2D eigenvalue weighted by atomic mass is 19.4. The molecule has 1 aromatic rings. The molecule has 9 heteroatoms. The molecule has 0 saturated heterocycles. The van der Waals surface area contributed by atoms with Crippen LogP contribution >= 0.6 is 0 Å². The van der Waals surface area contributed by atoms with Crippen LogP contribution in [0.5, 0.6) is 5.75 Å². The number of aliphatic imine (C=N–C) groups is 1. The Kier molecular flexibility index (Phi) is 5.19. The number of nitrogens with one attached hydrogen (secondary N) is 1. The number of rotatable bonds is 6. The van der Waals surface area contributed by atoms with Crippen LogP contribution in [-0.2, 0) is 4.74 Å². The van der Waals surface area contributed by atoms with Gasteiger partial charge in [0.1, 0.15) is 18.4 Å².